The normalized spacial score (nSPS) is 24.1. The van der Waals surface area contributed by atoms with Crippen LogP contribution in [0.25, 0.3) is 10.8 Å². The average molecular weight is 530 g/mol. The largest absolute Gasteiger partial charge is 0.490 e. The Kier molecular flexibility index (Phi) is 5.91. The van der Waals surface area contributed by atoms with Crippen molar-refractivity contribution in [3.63, 3.8) is 0 Å². The number of hydrogen-bond acceptors (Lipinski definition) is 9. The molecule has 2 amide bonds. The summed E-state index contributed by atoms with van der Waals surface area (Å²) in [6, 6.07) is 7.80. The van der Waals surface area contributed by atoms with Crippen LogP contribution in [-0.2, 0) is 28.7 Å². The monoisotopic (exact) mass is 529 g/mol. The Balaban J connectivity index is 1.43. The molecule has 0 radical (unpaired) electrons. The predicted octanol–water partition coefficient (Wildman–Crippen LogP) is 3.03. The van der Waals surface area contributed by atoms with Gasteiger partial charge in [0.05, 0.1) is 22.3 Å². The first-order valence-electron chi connectivity index (χ1n) is 12.0. The molecule has 0 aromatic heterocycles. The number of ether oxygens (including phenoxy) is 2. The highest BCUT2D eigenvalue weighted by atomic mass is 32.2. The van der Waals surface area contributed by atoms with Gasteiger partial charge in [0.1, 0.15) is 24.7 Å². The van der Waals surface area contributed by atoms with E-state index >= 15 is 0 Å². The molecule has 5 rings (SSSR count). The van der Waals surface area contributed by atoms with Crippen molar-refractivity contribution in [2.24, 2.45) is 16.7 Å². The van der Waals surface area contributed by atoms with Crippen molar-refractivity contribution in [1.82, 2.24) is 5.06 Å². The van der Waals surface area contributed by atoms with Gasteiger partial charge in [-0.3, -0.25) is 19.2 Å². The molecule has 196 valence electrons. The summed E-state index contributed by atoms with van der Waals surface area (Å²) >= 11 is 0. The molecule has 0 spiro atoms. The molecule has 2 bridgehead atoms. The molecule has 1 aliphatic heterocycles. The molecular weight excluding hydrogens is 502 g/mol. The van der Waals surface area contributed by atoms with Gasteiger partial charge in [-0.25, -0.2) is 0 Å². The standard InChI is InChI=1S/C26H27NO9S/c1-15(28)34-9-10-35-18-11-16-5-4-6-19-22(16)20(13-18)24(31)27(23(19)30)36-37(32,33)14-26-8-7-17(12-21(26)29)25(26,2)3/h4-6,11,13,17H,7-10,12,14H2,1-3H3. The Labute approximate surface area is 213 Å². The number of hydroxylamine groups is 2. The van der Waals surface area contributed by atoms with Crippen molar-refractivity contribution < 1.29 is 41.4 Å². The number of carbonyl (C=O) groups is 4. The minimum atomic E-state index is -4.50. The van der Waals surface area contributed by atoms with E-state index in [4.69, 9.17) is 13.8 Å². The molecule has 2 saturated carbocycles. The maximum Gasteiger partial charge on any atom is 0.302 e. The highest BCUT2D eigenvalue weighted by Crippen LogP contribution is 2.64. The number of amides is 2. The smallest absolute Gasteiger partial charge is 0.302 e. The van der Waals surface area contributed by atoms with Gasteiger partial charge in [-0.05, 0) is 47.8 Å². The zero-order valence-corrected chi connectivity index (χ0v) is 21.6. The molecule has 2 aromatic carbocycles. The van der Waals surface area contributed by atoms with E-state index < -0.39 is 44.5 Å². The van der Waals surface area contributed by atoms with Crippen molar-refractivity contribution in [1.29, 1.82) is 0 Å². The molecule has 1 heterocycles. The fourth-order valence-electron chi connectivity index (χ4n) is 6.10. The number of fused-ring (bicyclic) bond motifs is 2. The Bertz CT molecular complexity index is 1460. The van der Waals surface area contributed by atoms with Crippen LogP contribution in [0.5, 0.6) is 5.75 Å². The summed E-state index contributed by atoms with van der Waals surface area (Å²) in [5.74, 6) is -2.68. The molecule has 11 heteroatoms. The van der Waals surface area contributed by atoms with Crippen LogP contribution in [-0.4, -0.2) is 56.0 Å². The third-order valence-electron chi connectivity index (χ3n) is 8.19. The fourth-order valence-corrected chi connectivity index (χ4v) is 7.80. The van der Waals surface area contributed by atoms with E-state index in [2.05, 4.69) is 0 Å². The molecule has 2 aromatic rings. The van der Waals surface area contributed by atoms with Gasteiger partial charge in [0.2, 0.25) is 0 Å². The molecule has 37 heavy (non-hydrogen) atoms. The highest BCUT2D eigenvalue weighted by Gasteiger charge is 2.65. The van der Waals surface area contributed by atoms with Crippen molar-refractivity contribution >= 4 is 44.5 Å². The molecule has 2 atom stereocenters. The molecule has 2 fully saturated rings. The number of rotatable bonds is 8. The summed E-state index contributed by atoms with van der Waals surface area (Å²) in [5.41, 5.74) is -1.52. The fraction of sp³-hybridized carbons (Fsp3) is 0.462. The quantitative estimate of drug-likeness (QED) is 0.287. The lowest BCUT2D eigenvalue weighted by Gasteiger charge is -2.36. The van der Waals surface area contributed by atoms with E-state index in [-0.39, 0.29) is 46.9 Å². The molecule has 0 N–H and O–H groups in total. The van der Waals surface area contributed by atoms with E-state index in [1.807, 2.05) is 13.8 Å². The van der Waals surface area contributed by atoms with Crippen molar-refractivity contribution in [2.45, 2.75) is 40.0 Å². The number of imide groups is 1. The number of nitrogens with zero attached hydrogens (tertiary/aromatic N) is 1. The highest BCUT2D eigenvalue weighted by molar-refractivity contribution is 7.86. The van der Waals surface area contributed by atoms with E-state index in [1.54, 1.807) is 18.2 Å². The zero-order chi connectivity index (χ0) is 26.8. The number of esters is 1. The number of ketones is 1. The maximum atomic E-state index is 13.4. The predicted molar refractivity (Wildman–Crippen MR) is 130 cm³/mol. The van der Waals surface area contributed by atoms with Gasteiger partial charge in [0, 0.05) is 18.7 Å². The van der Waals surface area contributed by atoms with Crippen LogP contribution >= 0.6 is 0 Å². The first-order chi connectivity index (χ1) is 17.4. The van der Waals surface area contributed by atoms with E-state index in [9.17, 15) is 27.6 Å². The molecular formula is C26H27NO9S. The van der Waals surface area contributed by atoms with Gasteiger partial charge >= 0.3 is 5.97 Å². The summed E-state index contributed by atoms with van der Waals surface area (Å²) in [4.78, 5) is 50.4. The Hall–Kier alpha value is -3.31. The van der Waals surface area contributed by atoms with Crippen LogP contribution in [0.15, 0.2) is 30.3 Å². The maximum absolute atomic E-state index is 13.4. The van der Waals surface area contributed by atoms with Crippen molar-refractivity contribution in [3.05, 3.63) is 41.5 Å². The molecule has 2 unspecified atom stereocenters. The lowest BCUT2D eigenvalue weighted by atomic mass is 9.70. The Morgan fingerprint density at radius 3 is 2.46 bits per heavy atom. The topological polar surface area (TPSA) is 133 Å². The van der Waals surface area contributed by atoms with Gasteiger partial charge in [-0.15, -0.1) is 9.35 Å². The number of benzene rings is 2. The molecule has 10 nitrogen and oxygen atoms in total. The van der Waals surface area contributed by atoms with Gasteiger partial charge < -0.3 is 9.47 Å². The Morgan fingerprint density at radius 2 is 1.81 bits per heavy atom. The van der Waals surface area contributed by atoms with Crippen molar-refractivity contribution in [2.75, 3.05) is 19.0 Å². The second kappa shape index (κ2) is 8.63. The van der Waals surface area contributed by atoms with Crippen LogP contribution in [0.1, 0.15) is 60.7 Å². The summed E-state index contributed by atoms with van der Waals surface area (Å²) < 4.78 is 42.1. The van der Waals surface area contributed by atoms with Crippen LogP contribution in [0.3, 0.4) is 0 Å². The second-order valence-corrected chi connectivity index (χ2v) is 12.0. The minimum Gasteiger partial charge on any atom is -0.490 e. The zero-order valence-electron chi connectivity index (χ0n) is 20.7. The van der Waals surface area contributed by atoms with E-state index in [0.717, 1.165) is 6.42 Å². The third-order valence-corrected chi connectivity index (χ3v) is 9.41. The number of Topliss-reactive ketones (excluding diaryl/α,β-unsaturated/α-hetero) is 1. The second-order valence-electron chi connectivity index (χ2n) is 10.4. The third kappa shape index (κ3) is 4.00. The number of hydrogen-bond donors (Lipinski definition) is 0. The lowest BCUT2D eigenvalue weighted by Crippen LogP contribution is -2.46. The van der Waals surface area contributed by atoms with Gasteiger partial charge in [-0.1, -0.05) is 26.0 Å². The van der Waals surface area contributed by atoms with Crippen LogP contribution in [0, 0.1) is 16.7 Å². The molecule has 0 saturated heterocycles. The van der Waals surface area contributed by atoms with E-state index in [1.165, 1.54) is 19.1 Å². The van der Waals surface area contributed by atoms with E-state index in [0.29, 0.717) is 23.6 Å². The minimum absolute atomic E-state index is 0.000329. The number of carbonyl (C=O) groups excluding carboxylic acids is 4. The average Bonchev–Trinajstić information content (AvgIpc) is 3.16. The van der Waals surface area contributed by atoms with Gasteiger partial charge in [-0.2, -0.15) is 8.42 Å². The molecule has 3 aliphatic rings. The first-order valence-corrected chi connectivity index (χ1v) is 13.6. The Morgan fingerprint density at radius 1 is 1.08 bits per heavy atom. The van der Waals surface area contributed by atoms with Crippen LogP contribution in [0.4, 0.5) is 0 Å². The van der Waals surface area contributed by atoms with Crippen LogP contribution < -0.4 is 4.74 Å². The van der Waals surface area contributed by atoms with Gasteiger partial charge in [0.15, 0.2) is 0 Å². The summed E-state index contributed by atoms with van der Waals surface area (Å²) in [7, 11) is -4.50. The lowest BCUT2D eigenvalue weighted by molar-refractivity contribution is -0.141. The SMILES string of the molecule is CC(=O)OCCOc1cc2c3c(cccc3c1)C(=O)N(OS(=O)(=O)CC13CCC(CC1=O)C3(C)C)C2=O. The summed E-state index contributed by atoms with van der Waals surface area (Å²) in [6.07, 6.45) is 1.48. The van der Waals surface area contributed by atoms with Crippen molar-refractivity contribution in [3.8, 4) is 5.75 Å². The van der Waals surface area contributed by atoms with Gasteiger partial charge in [0.25, 0.3) is 21.9 Å². The summed E-state index contributed by atoms with van der Waals surface area (Å²) in [6.45, 7) is 5.08. The first kappa shape index (κ1) is 25.3. The summed E-state index contributed by atoms with van der Waals surface area (Å²) in [5, 5.41) is 1.15. The molecule has 2 aliphatic carbocycles. The van der Waals surface area contributed by atoms with Crippen LogP contribution in [0.2, 0.25) is 0 Å².